The van der Waals surface area contributed by atoms with Gasteiger partial charge in [-0.3, -0.25) is 4.79 Å². The van der Waals surface area contributed by atoms with Crippen molar-refractivity contribution in [3.63, 3.8) is 0 Å². The molecule has 0 aliphatic heterocycles. The molecule has 0 radical (unpaired) electrons. The fourth-order valence-electron chi connectivity index (χ4n) is 1.87. The highest BCUT2D eigenvalue weighted by Crippen LogP contribution is 2.21. The number of aryl methyl sites for hydroxylation is 1. The summed E-state index contributed by atoms with van der Waals surface area (Å²) in [7, 11) is 0. The molecule has 1 amide bonds. The molecular weight excluding hydrogens is 248 g/mol. The number of halogens is 1. The Balaban J connectivity index is 2.69. The van der Waals surface area contributed by atoms with Crippen molar-refractivity contribution in [2.45, 2.75) is 33.1 Å². The lowest BCUT2D eigenvalue weighted by Crippen LogP contribution is -2.25. The molecule has 0 fully saturated rings. The van der Waals surface area contributed by atoms with E-state index in [2.05, 4.69) is 12.2 Å². The van der Waals surface area contributed by atoms with E-state index in [1.807, 2.05) is 19.1 Å². The zero-order chi connectivity index (χ0) is 13.5. The molecule has 0 aromatic heterocycles. The van der Waals surface area contributed by atoms with E-state index in [0.717, 1.165) is 30.5 Å². The van der Waals surface area contributed by atoms with Crippen LogP contribution in [-0.4, -0.2) is 12.5 Å². The Morgan fingerprint density at radius 3 is 2.72 bits per heavy atom. The third-order valence-electron chi connectivity index (χ3n) is 2.96. The number of hydrogen-bond donors (Lipinski definition) is 2. The van der Waals surface area contributed by atoms with E-state index >= 15 is 0 Å². The van der Waals surface area contributed by atoms with Gasteiger partial charge in [0.1, 0.15) is 0 Å². The Morgan fingerprint density at radius 2 is 2.17 bits per heavy atom. The zero-order valence-corrected chi connectivity index (χ0v) is 11.8. The molecule has 0 saturated carbocycles. The molecule has 1 atom stereocenters. The molecule has 0 bridgehead atoms. The number of amides is 1. The third kappa shape index (κ3) is 4.31. The number of benzene rings is 1. The summed E-state index contributed by atoms with van der Waals surface area (Å²) in [5.74, 6) is 0.0160. The minimum atomic E-state index is -0.0138. The van der Waals surface area contributed by atoms with Crippen LogP contribution in [0.2, 0.25) is 5.02 Å². The molecular formula is C14H21ClN2O. The molecule has 0 spiro atoms. The predicted octanol–water partition coefficient (Wildman–Crippen LogP) is 3.35. The fraction of sp³-hybridized carbons (Fsp3) is 0.500. The Morgan fingerprint density at radius 1 is 1.44 bits per heavy atom. The van der Waals surface area contributed by atoms with Gasteiger partial charge in [-0.15, -0.1) is 0 Å². The van der Waals surface area contributed by atoms with Crippen molar-refractivity contribution >= 4 is 23.2 Å². The maximum Gasteiger partial charge on any atom is 0.227 e. The predicted molar refractivity (Wildman–Crippen MR) is 76.9 cm³/mol. The maximum absolute atomic E-state index is 12.1. The highest BCUT2D eigenvalue weighted by atomic mass is 35.5. The lowest BCUT2D eigenvalue weighted by molar-refractivity contribution is -0.120. The van der Waals surface area contributed by atoms with E-state index in [9.17, 15) is 4.79 Å². The number of hydrogen-bond acceptors (Lipinski definition) is 2. The van der Waals surface area contributed by atoms with E-state index in [0.29, 0.717) is 11.6 Å². The topological polar surface area (TPSA) is 55.1 Å². The van der Waals surface area contributed by atoms with E-state index in [1.165, 1.54) is 0 Å². The molecule has 1 unspecified atom stereocenters. The van der Waals surface area contributed by atoms with Gasteiger partial charge in [0, 0.05) is 16.6 Å². The molecule has 1 rings (SSSR count). The van der Waals surface area contributed by atoms with Crippen LogP contribution >= 0.6 is 11.6 Å². The first-order valence-corrected chi connectivity index (χ1v) is 6.73. The summed E-state index contributed by atoms with van der Waals surface area (Å²) in [5.41, 5.74) is 7.28. The second kappa shape index (κ2) is 7.39. The molecule has 0 aliphatic carbocycles. The van der Waals surface area contributed by atoms with Crippen LogP contribution in [0.25, 0.3) is 0 Å². The van der Waals surface area contributed by atoms with Gasteiger partial charge in [0.2, 0.25) is 5.91 Å². The van der Waals surface area contributed by atoms with Crippen LogP contribution in [0, 0.1) is 12.8 Å². The first-order chi connectivity index (χ1) is 8.58. The SMILES string of the molecule is CCCC(CCN)C(=O)Nc1ccc(C)c(Cl)c1. The van der Waals surface area contributed by atoms with Crippen molar-refractivity contribution < 1.29 is 4.79 Å². The monoisotopic (exact) mass is 268 g/mol. The average molecular weight is 269 g/mol. The Bertz CT molecular complexity index is 401. The van der Waals surface area contributed by atoms with Gasteiger partial charge in [-0.1, -0.05) is 31.0 Å². The van der Waals surface area contributed by atoms with E-state index in [-0.39, 0.29) is 11.8 Å². The Labute approximate surface area is 114 Å². The minimum absolute atomic E-state index is 0.0138. The molecule has 100 valence electrons. The van der Waals surface area contributed by atoms with Crippen LogP contribution in [0.4, 0.5) is 5.69 Å². The van der Waals surface area contributed by atoms with Gasteiger partial charge in [-0.25, -0.2) is 0 Å². The maximum atomic E-state index is 12.1. The molecule has 1 aromatic carbocycles. The lowest BCUT2D eigenvalue weighted by Gasteiger charge is -2.15. The summed E-state index contributed by atoms with van der Waals surface area (Å²) in [5, 5.41) is 3.57. The molecule has 4 heteroatoms. The van der Waals surface area contributed by atoms with E-state index < -0.39 is 0 Å². The van der Waals surface area contributed by atoms with E-state index in [4.69, 9.17) is 17.3 Å². The van der Waals surface area contributed by atoms with Gasteiger partial charge in [0.25, 0.3) is 0 Å². The summed E-state index contributed by atoms with van der Waals surface area (Å²) >= 11 is 6.03. The van der Waals surface area contributed by atoms with Gasteiger partial charge in [0.15, 0.2) is 0 Å². The zero-order valence-electron chi connectivity index (χ0n) is 11.0. The Hall–Kier alpha value is -1.06. The normalized spacial score (nSPS) is 12.2. The first kappa shape index (κ1) is 15.0. The van der Waals surface area contributed by atoms with Crippen molar-refractivity contribution in [3.05, 3.63) is 28.8 Å². The smallest absolute Gasteiger partial charge is 0.227 e. The molecule has 0 heterocycles. The van der Waals surface area contributed by atoms with Crippen LogP contribution in [-0.2, 0) is 4.79 Å². The summed E-state index contributed by atoms with van der Waals surface area (Å²) in [6.07, 6.45) is 2.56. The van der Waals surface area contributed by atoms with E-state index in [1.54, 1.807) is 6.07 Å². The number of rotatable bonds is 6. The highest BCUT2D eigenvalue weighted by molar-refractivity contribution is 6.31. The van der Waals surface area contributed by atoms with Gasteiger partial charge < -0.3 is 11.1 Å². The molecule has 18 heavy (non-hydrogen) atoms. The summed E-state index contributed by atoms with van der Waals surface area (Å²) in [6.45, 7) is 4.54. The number of carbonyl (C=O) groups excluding carboxylic acids is 1. The molecule has 0 aliphatic rings. The van der Waals surface area contributed by atoms with Crippen molar-refractivity contribution in [3.8, 4) is 0 Å². The molecule has 1 aromatic rings. The van der Waals surface area contributed by atoms with Gasteiger partial charge in [-0.05, 0) is 44.0 Å². The van der Waals surface area contributed by atoms with Crippen LogP contribution in [0.1, 0.15) is 31.7 Å². The summed E-state index contributed by atoms with van der Waals surface area (Å²) in [6, 6.07) is 5.54. The quantitative estimate of drug-likeness (QED) is 0.831. The fourth-order valence-corrected chi connectivity index (χ4v) is 2.05. The van der Waals surface area contributed by atoms with Crippen LogP contribution < -0.4 is 11.1 Å². The highest BCUT2D eigenvalue weighted by Gasteiger charge is 2.16. The van der Waals surface area contributed by atoms with Crippen molar-refractivity contribution in [1.82, 2.24) is 0 Å². The molecule has 0 saturated heterocycles. The van der Waals surface area contributed by atoms with Crippen molar-refractivity contribution in [2.24, 2.45) is 11.7 Å². The largest absolute Gasteiger partial charge is 0.330 e. The van der Waals surface area contributed by atoms with Gasteiger partial charge in [-0.2, -0.15) is 0 Å². The third-order valence-corrected chi connectivity index (χ3v) is 3.37. The second-order valence-electron chi connectivity index (χ2n) is 4.52. The van der Waals surface area contributed by atoms with Crippen LogP contribution in [0.5, 0.6) is 0 Å². The Kier molecular flexibility index (Phi) is 6.16. The summed E-state index contributed by atoms with van der Waals surface area (Å²) < 4.78 is 0. The second-order valence-corrected chi connectivity index (χ2v) is 4.92. The average Bonchev–Trinajstić information content (AvgIpc) is 2.33. The van der Waals surface area contributed by atoms with Crippen LogP contribution in [0.3, 0.4) is 0 Å². The minimum Gasteiger partial charge on any atom is -0.330 e. The number of nitrogens with one attached hydrogen (secondary N) is 1. The number of anilines is 1. The van der Waals surface area contributed by atoms with Crippen molar-refractivity contribution in [1.29, 1.82) is 0 Å². The lowest BCUT2D eigenvalue weighted by atomic mass is 9.99. The molecule has 3 N–H and O–H groups in total. The van der Waals surface area contributed by atoms with Gasteiger partial charge in [0.05, 0.1) is 0 Å². The number of nitrogens with two attached hydrogens (primary N) is 1. The first-order valence-electron chi connectivity index (χ1n) is 6.35. The standard InChI is InChI=1S/C14H21ClN2O/c1-3-4-11(7-8-16)14(18)17-12-6-5-10(2)13(15)9-12/h5-6,9,11H,3-4,7-8,16H2,1-2H3,(H,17,18). The van der Waals surface area contributed by atoms with Crippen molar-refractivity contribution in [2.75, 3.05) is 11.9 Å². The summed E-state index contributed by atoms with van der Waals surface area (Å²) in [4.78, 5) is 12.1. The van der Waals surface area contributed by atoms with Crippen LogP contribution in [0.15, 0.2) is 18.2 Å². The number of carbonyl (C=O) groups is 1. The molecule has 3 nitrogen and oxygen atoms in total. The van der Waals surface area contributed by atoms with Gasteiger partial charge >= 0.3 is 0 Å².